The first kappa shape index (κ1) is 38.1. The van der Waals surface area contributed by atoms with Crippen molar-refractivity contribution in [3.63, 3.8) is 0 Å². The molecule has 3 N–H and O–H groups in total. The summed E-state index contributed by atoms with van der Waals surface area (Å²) in [5.74, 6) is -5.12. The van der Waals surface area contributed by atoms with Crippen LogP contribution in [-0.4, -0.2) is 120 Å². The Hall–Kier alpha value is -4.85. The van der Waals surface area contributed by atoms with Gasteiger partial charge in [-0.1, -0.05) is 12.7 Å². The third kappa shape index (κ3) is 17.5. The van der Waals surface area contributed by atoms with Crippen LogP contribution in [0.2, 0.25) is 0 Å². The molecule has 0 aliphatic carbocycles. The molecule has 0 aromatic heterocycles. The molecular weight excluding hydrogens is 568 g/mol. The van der Waals surface area contributed by atoms with E-state index in [0.717, 1.165) is 0 Å². The van der Waals surface area contributed by atoms with Crippen LogP contribution in [-0.2, 0) is 43.0 Å². The van der Waals surface area contributed by atoms with Crippen LogP contribution in [0.5, 0.6) is 0 Å². The van der Waals surface area contributed by atoms with Gasteiger partial charge in [0.05, 0.1) is 13.2 Å². The minimum absolute atomic E-state index is 0.0235. The van der Waals surface area contributed by atoms with E-state index in [-0.39, 0.29) is 58.3 Å². The highest BCUT2D eigenvalue weighted by atomic mass is 16.5. The molecule has 0 aliphatic rings. The van der Waals surface area contributed by atoms with Crippen molar-refractivity contribution in [1.82, 2.24) is 20.9 Å². The SMILES string of the molecule is C=CCOC(=O)[C@H](CCC(=O)C=[N+]=[N-])NC(=O)[C@H](CCC(=O)C=[N+]=[N-])NC(=O)CC[C@H](NC(=O)CN(C)C)C(=O)OCC. The molecule has 0 heterocycles. The van der Waals surface area contributed by atoms with Gasteiger partial charge in [-0.25, -0.2) is 9.59 Å². The molecule has 0 fully saturated rings. The molecule has 0 aliphatic heterocycles. The lowest BCUT2D eigenvalue weighted by molar-refractivity contribution is -0.148. The van der Waals surface area contributed by atoms with Crippen LogP contribution in [0.15, 0.2) is 12.7 Å². The van der Waals surface area contributed by atoms with Crippen LogP contribution >= 0.6 is 0 Å². The maximum atomic E-state index is 13.2. The standard InChI is InChI=1S/C26H38N8O9/c1-5-13-43-26(41)21(10-8-18(36)15-30-28)33-24(39)19(9-7-17(35)14-29-27)31-22(37)12-11-20(25(40)42-6-2)32-23(38)16-34(3)4/h5,14-15,19-21H,1,6-13,16H2,2-4H3,(H,31,37)(H,32,38)(H,33,39)/t19-,20-,21-/m0/s1. The van der Waals surface area contributed by atoms with E-state index in [1.807, 2.05) is 0 Å². The molecule has 0 rings (SSSR count). The number of nitrogens with zero attached hydrogens (tertiary/aromatic N) is 5. The molecule has 0 radical (unpaired) electrons. The molecule has 43 heavy (non-hydrogen) atoms. The maximum Gasteiger partial charge on any atom is 0.328 e. The fourth-order valence-corrected chi connectivity index (χ4v) is 3.42. The molecule has 236 valence electrons. The first-order valence-electron chi connectivity index (χ1n) is 13.3. The predicted molar refractivity (Wildman–Crippen MR) is 149 cm³/mol. The Morgan fingerprint density at radius 3 is 1.77 bits per heavy atom. The van der Waals surface area contributed by atoms with Crippen molar-refractivity contribution < 1.29 is 52.6 Å². The van der Waals surface area contributed by atoms with Gasteiger partial charge >= 0.3 is 24.4 Å². The normalized spacial score (nSPS) is 12.2. The quantitative estimate of drug-likeness (QED) is 0.0417. The minimum Gasteiger partial charge on any atom is -0.464 e. The predicted octanol–water partition coefficient (Wildman–Crippen LogP) is -1.63. The van der Waals surface area contributed by atoms with Crippen LogP contribution in [0.1, 0.15) is 45.4 Å². The number of likely N-dealkylation sites (N-methyl/N-ethyl adjacent to an activating group) is 1. The van der Waals surface area contributed by atoms with E-state index in [9.17, 15) is 33.6 Å². The number of carbonyl (C=O) groups is 7. The lowest BCUT2D eigenvalue weighted by Gasteiger charge is -2.23. The largest absolute Gasteiger partial charge is 0.464 e. The first-order valence-corrected chi connectivity index (χ1v) is 13.3. The zero-order valence-corrected chi connectivity index (χ0v) is 24.4. The Morgan fingerprint density at radius 2 is 1.26 bits per heavy atom. The van der Waals surface area contributed by atoms with Crippen molar-refractivity contribution in [3.8, 4) is 0 Å². The second kappa shape index (κ2) is 21.8. The second-order valence-corrected chi connectivity index (χ2v) is 9.25. The van der Waals surface area contributed by atoms with Gasteiger partial charge in [-0.3, -0.25) is 24.0 Å². The van der Waals surface area contributed by atoms with Crippen molar-refractivity contribution in [2.45, 2.75) is 63.6 Å². The summed E-state index contributed by atoms with van der Waals surface area (Å²) >= 11 is 0. The lowest BCUT2D eigenvalue weighted by Crippen LogP contribution is -2.52. The maximum absolute atomic E-state index is 13.2. The Kier molecular flexibility index (Phi) is 19.4. The zero-order chi connectivity index (χ0) is 32.8. The Morgan fingerprint density at radius 1 is 0.767 bits per heavy atom. The second-order valence-electron chi connectivity index (χ2n) is 9.25. The number of Topliss-reactive ketones (excluding diaryl/α,β-unsaturated/α-hetero) is 2. The topological polar surface area (TPSA) is 250 Å². The Balaban J connectivity index is 5.76. The number of carbonyl (C=O) groups excluding carboxylic acids is 7. The molecule has 0 spiro atoms. The number of amides is 3. The third-order valence-electron chi connectivity index (χ3n) is 5.38. The molecular formula is C26H38N8O9. The van der Waals surface area contributed by atoms with E-state index in [1.165, 1.54) is 6.08 Å². The Labute approximate surface area is 248 Å². The highest BCUT2D eigenvalue weighted by Gasteiger charge is 2.30. The van der Waals surface area contributed by atoms with Crippen LogP contribution < -0.4 is 16.0 Å². The average molecular weight is 607 g/mol. The van der Waals surface area contributed by atoms with E-state index in [1.54, 1.807) is 25.9 Å². The lowest BCUT2D eigenvalue weighted by atomic mass is 10.0. The fourth-order valence-electron chi connectivity index (χ4n) is 3.42. The molecule has 0 aromatic carbocycles. The van der Waals surface area contributed by atoms with Gasteiger partial charge in [-0.05, 0) is 40.3 Å². The third-order valence-corrected chi connectivity index (χ3v) is 5.38. The molecule has 0 unspecified atom stereocenters. The zero-order valence-electron chi connectivity index (χ0n) is 24.4. The molecule has 0 aromatic rings. The summed E-state index contributed by atoms with van der Waals surface area (Å²) in [6, 6.07) is -3.91. The van der Waals surface area contributed by atoms with Crippen molar-refractivity contribution in [2.24, 2.45) is 0 Å². The van der Waals surface area contributed by atoms with Gasteiger partial charge in [0, 0.05) is 19.3 Å². The summed E-state index contributed by atoms with van der Waals surface area (Å²) < 4.78 is 9.94. The minimum atomic E-state index is -1.39. The van der Waals surface area contributed by atoms with Crippen LogP contribution in [0, 0.1) is 0 Å². The van der Waals surface area contributed by atoms with E-state index < -0.39 is 59.4 Å². The summed E-state index contributed by atoms with van der Waals surface area (Å²) in [5, 5.41) is 7.30. The van der Waals surface area contributed by atoms with Gasteiger partial charge in [0.25, 0.3) is 0 Å². The summed E-state index contributed by atoms with van der Waals surface area (Å²) in [7, 11) is 3.30. The molecule has 17 heteroatoms. The average Bonchev–Trinajstić information content (AvgIpc) is 2.93. The molecule has 0 saturated heterocycles. The van der Waals surface area contributed by atoms with Gasteiger partial charge in [0.15, 0.2) is 0 Å². The van der Waals surface area contributed by atoms with Gasteiger partial charge in [-0.2, -0.15) is 9.58 Å². The number of hydrogen-bond acceptors (Lipinski definition) is 10. The number of rotatable bonds is 22. The van der Waals surface area contributed by atoms with E-state index in [2.05, 4.69) is 32.1 Å². The summed E-state index contributed by atoms with van der Waals surface area (Å²) in [6.45, 7) is 4.81. The summed E-state index contributed by atoms with van der Waals surface area (Å²) in [5.41, 5.74) is 17.1. The van der Waals surface area contributed by atoms with Crippen LogP contribution in [0.4, 0.5) is 0 Å². The van der Waals surface area contributed by atoms with Gasteiger partial charge in [-0.15, -0.1) is 0 Å². The van der Waals surface area contributed by atoms with Crippen molar-refractivity contribution in [2.75, 3.05) is 33.9 Å². The van der Waals surface area contributed by atoms with E-state index in [4.69, 9.17) is 20.5 Å². The van der Waals surface area contributed by atoms with Crippen molar-refractivity contribution in [1.29, 1.82) is 0 Å². The van der Waals surface area contributed by atoms with E-state index >= 15 is 0 Å². The summed E-state index contributed by atoms with van der Waals surface area (Å²) in [6.07, 6.45) is 0.801. The van der Waals surface area contributed by atoms with Crippen LogP contribution in [0.3, 0.4) is 0 Å². The smallest absolute Gasteiger partial charge is 0.328 e. The monoisotopic (exact) mass is 606 g/mol. The molecule has 3 amide bonds. The molecule has 0 saturated carbocycles. The molecule has 17 nitrogen and oxygen atoms in total. The highest BCUT2D eigenvalue weighted by Crippen LogP contribution is 2.07. The van der Waals surface area contributed by atoms with Crippen molar-refractivity contribution >= 4 is 53.7 Å². The van der Waals surface area contributed by atoms with Crippen LogP contribution in [0.25, 0.3) is 11.1 Å². The van der Waals surface area contributed by atoms with Gasteiger partial charge in [0.1, 0.15) is 24.7 Å². The fraction of sp³-hybridized carbons (Fsp3) is 0.577. The first-order chi connectivity index (χ1) is 20.4. The van der Waals surface area contributed by atoms with Gasteiger partial charge < -0.3 is 41.4 Å². The number of esters is 2. The number of ketones is 2. The number of ether oxygens (including phenoxy) is 2. The Bertz CT molecular complexity index is 1130. The summed E-state index contributed by atoms with van der Waals surface area (Å²) in [4.78, 5) is 93.4. The van der Waals surface area contributed by atoms with Gasteiger partial charge in [0.2, 0.25) is 29.3 Å². The highest BCUT2D eigenvalue weighted by molar-refractivity contribution is 6.25. The van der Waals surface area contributed by atoms with Crippen molar-refractivity contribution in [3.05, 3.63) is 23.7 Å². The number of nitrogens with one attached hydrogen (secondary N) is 3. The number of hydrogen-bond donors (Lipinski definition) is 3. The molecule has 3 atom stereocenters. The van der Waals surface area contributed by atoms with E-state index in [0.29, 0.717) is 12.4 Å². The molecule has 0 bridgehead atoms.